The molecule has 2 aliphatic rings. The molecule has 0 radical (unpaired) electrons. The van der Waals surface area contributed by atoms with Gasteiger partial charge in [-0.1, -0.05) is 0 Å². The van der Waals surface area contributed by atoms with Crippen LogP contribution in [-0.2, 0) is 4.74 Å². The third-order valence-electron chi connectivity index (χ3n) is 4.37. The van der Waals surface area contributed by atoms with E-state index in [1.807, 2.05) is 0 Å². The molecule has 1 aromatic rings. The van der Waals surface area contributed by atoms with E-state index in [4.69, 9.17) is 4.74 Å². The Morgan fingerprint density at radius 2 is 1.96 bits per heavy atom. The normalized spacial score (nSPS) is 19.2. The van der Waals surface area contributed by atoms with E-state index in [1.54, 1.807) is 11.0 Å². The molecule has 3 rings (SSSR count). The van der Waals surface area contributed by atoms with Gasteiger partial charge in [-0.05, 0) is 16.0 Å². The molecule has 130 valence electrons. The fourth-order valence-corrected chi connectivity index (χ4v) is 2.97. The van der Waals surface area contributed by atoms with Gasteiger partial charge in [-0.15, -0.1) is 0 Å². The van der Waals surface area contributed by atoms with Crippen molar-refractivity contribution in [3.8, 4) is 0 Å². The van der Waals surface area contributed by atoms with Crippen molar-refractivity contribution in [3.63, 3.8) is 0 Å². The summed E-state index contributed by atoms with van der Waals surface area (Å²) in [6.07, 6.45) is 2.70. The average Bonchev–Trinajstić information content (AvgIpc) is 2.63. The Labute approximate surface area is 139 Å². The van der Waals surface area contributed by atoms with Crippen molar-refractivity contribution in [3.05, 3.63) is 28.4 Å². The number of nitrogens with one attached hydrogen (secondary N) is 1. The SMILES string of the molecule is O=C(OC1CCN(c2ccc([N+](=O)[O-])nc2)CC1)N1CCNCC1. The van der Waals surface area contributed by atoms with Crippen molar-refractivity contribution in [2.75, 3.05) is 44.2 Å². The number of nitrogens with zero attached hydrogens (tertiary/aromatic N) is 4. The van der Waals surface area contributed by atoms with E-state index in [1.165, 1.54) is 12.3 Å². The number of rotatable bonds is 3. The molecule has 0 saturated carbocycles. The first-order valence-electron chi connectivity index (χ1n) is 8.15. The second-order valence-electron chi connectivity index (χ2n) is 5.94. The smallest absolute Gasteiger partial charge is 0.410 e. The number of carbonyl (C=O) groups excluding carboxylic acids is 1. The first-order chi connectivity index (χ1) is 11.6. The Bertz CT molecular complexity index is 580. The summed E-state index contributed by atoms with van der Waals surface area (Å²) in [5, 5.41) is 13.8. The summed E-state index contributed by atoms with van der Waals surface area (Å²) in [4.78, 5) is 29.9. The molecule has 9 heteroatoms. The van der Waals surface area contributed by atoms with E-state index < -0.39 is 4.92 Å². The molecular formula is C15H21N5O4. The number of carbonyl (C=O) groups is 1. The van der Waals surface area contributed by atoms with Gasteiger partial charge in [-0.25, -0.2) is 4.79 Å². The number of aromatic nitrogens is 1. The topological polar surface area (TPSA) is 101 Å². The van der Waals surface area contributed by atoms with Crippen LogP contribution in [0.2, 0.25) is 0 Å². The second kappa shape index (κ2) is 7.43. The van der Waals surface area contributed by atoms with Gasteiger partial charge in [-0.2, -0.15) is 0 Å². The highest BCUT2D eigenvalue weighted by Gasteiger charge is 2.26. The van der Waals surface area contributed by atoms with Crippen LogP contribution in [0.1, 0.15) is 12.8 Å². The van der Waals surface area contributed by atoms with Gasteiger partial charge >= 0.3 is 11.9 Å². The summed E-state index contributed by atoms with van der Waals surface area (Å²) < 4.78 is 5.59. The summed E-state index contributed by atoms with van der Waals surface area (Å²) in [7, 11) is 0. The minimum Gasteiger partial charge on any atom is -0.446 e. The molecule has 2 fully saturated rings. The molecule has 1 amide bonds. The molecule has 1 N–H and O–H groups in total. The first-order valence-corrected chi connectivity index (χ1v) is 8.15. The van der Waals surface area contributed by atoms with Gasteiger partial charge in [0.2, 0.25) is 0 Å². The fraction of sp³-hybridized carbons (Fsp3) is 0.600. The molecule has 1 aromatic heterocycles. The van der Waals surface area contributed by atoms with Crippen LogP contribution in [0.3, 0.4) is 0 Å². The lowest BCUT2D eigenvalue weighted by atomic mass is 10.1. The Kier molecular flexibility index (Phi) is 5.09. The number of pyridine rings is 1. The summed E-state index contributed by atoms with van der Waals surface area (Å²) in [5.41, 5.74) is 0.854. The van der Waals surface area contributed by atoms with E-state index in [2.05, 4.69) is 15.2 Å². The van der Waals surface area contributed by atoms with Crippen LogP contribution in [0.15, 0.2) is 18.3 Å². The van der Waals surface area contributed by atoms with Crippen molar-refractivity contribution in [1.82, 2.24) is 15.2 Å². The number of hydrogen-bond acceptors (Lipinski definition) is 7. The van der Waals surface area contributed by atoms with Crippen molar-refractivity contribution in [2.24, 2.45) is 0 Å². The largest absolute Gasteiger partial charge is 0.446 e. The number of nitro groups is 1. The Balaban J connectivity index is 1.48. The van der Waals surface area contributed by atoms with Gasteiger partial charge in [0, 0.05) is 58.2 Å². The standard InChI is InChI=1S/C15H21N5O4/c21-15(19-9-5-16-6-10-19)24-13-3-7-18(8-4-13)12-1-2-14(17-11-12)20(22)23/h1-2,11,13,16H,3-10H2. The number of amides is 1. The van der Waals surface area contributed by atoms with Gasteiger partial charge in [0.05, 0.1) is 5.69 Å². The van der Waals surface area contributed by atoms with Crippen LogP contribution in [-0.4, -0.2) is 66.3 Å². The molecule has 2 aliphatic heterocycles. The molecule has 9 nitrogen and oxygen atoms in total. The van der Waals surface area contributed by atoms with Crippen LogP contribution in [0.5, 0.6) is 0 Å². The second-order valence-corrected chi connectivity index (χ2v) is 5.94. The maximum atomic E-state index is 12.1. The van der Waals surface area contributed by atoms with E-state index in [-0.39, 0.29) is 18.0 Å². The van der Waals surface area contributed by atoms with Gasteiger partial charge < -0.3 is 30.0 Å². The molecule has 0 atom stereocenters. The maximum absolute atomic E-state index is 12.1. The number of piperazine rings is 1. The molecule has 0 spiro atoms. The molecule has 0 aliphatic carbocycles. The average molecular weight is 335 g/mol. The van der Waals surface area contributed by atoms with Crippen LogP contribution in [0, 0.1) is 10.1 Å². The highest BCUT2D eigenvalue weighted by atomic mass is 16.6. The van der Waals surface area contributed by atoms with E-state index in [9.17, 15) is 14.9 Å². The molecule has 3 heterocycles. The number of anilines is 1. The fourth-order valence-electron chi connectivity index (χ4n) is 2.97. The number of piperidine rings is 1. The van der Waals surface area contributed by atoms with Crippen LogP contribution in [0.25, 0.3) is 0 Å². The summed E-state index contributed by atoms with van der Waals surface area (Å²) in [6.45, 7) is 4.46. The lowest BCUT2D eigenvalue weighted by Crippen LogP contribution is -2.48. The van der Waals surface area contributed by atoms with Crippen molar-refractivity contribution in [1.29, 1.82) is 0 Å². The third kappa shape index (κ3) is 3.91. The van der Waals surface area contributed by atoms with Crippen molar-refractivity contribution in [2.45, 2.75) is 18.9 Å². The lowest BCUT2D eigenvalue weighted by molar-refractivity contribution is -0.389. The highest BCUT2D eigenvalue weighted by molar-refractivity contribution is 5.68. The zero-order valence-electron chi connectivity index (χ0n) is 13.4. The van der Waals surface area contributed by atoms with E-state index >= 15 is 0 Å². The minimum atomic E-state index is -0.508. The quantitative estimate of drug-likeness (QED) is 0.649. The summed E-state index contributed by atoms with van der Waals surface area (Å²) in [6, 6.07) is 3.12. The monoisotopic (exact) mass is 335 g/mol. The van der Waals surface area contributed by atoms with Gasteiger partial charge in [-0.3, -0.25) is 0 Å². The minimum absolute atomic E-state index is 0.0744. The Morgan fingerprint density at radius 3 is 2.54 bits per heavy atom. The highest BCUT2D eigenvalue weighted by Crippen LogP contribution is 2.22. The third-order valence-corrected chi connectivity index (χ3v) is 4.37. The van der Waals surface area contributed by atoms with E-state index in [0.717, 1.165) is 44.7 Å². The summed E-state index contributed by atoms with van der Waals surface area (Å²) in [5.74, 6) is -0.154. The molecule has 0 aromatic carbocycles. The first kappa shape index (κ1) is 16.4. The molecule has 0 unspecified atom stereocenters. The lowest BCUT2D eigenvalue weighted by Gasteiger charge is -2.34. The molecule has 2 saturated heterocycles. The summed E-state index contributed by atoms with van der Waals surface area (Å²) >= 11 is 0. The maximum Gasteiger partial charge on any atom is 0.410 e. The van der Waals surface area contributed by atoms with Crippen molar-refractivity contribution >= 4 is 17.6 Å². The van der Waals surface area contributed by atoms with Crippen LogP contribution in [0.4, 0.5) is 16.3 Å². The van der Waals surface area contributed by atoms with E-state index in [0.29, 0.717) is 13.1 Å². The Hall–Kier alpha value is -2.42. The van der Waals surface area contributed by atoms with Crippen LogP contribution < -0.4 is 10.2 Å². The van der Waals surface area contributed by atoms with Gasteiger partial charge in [0.15, 0.2) is 6.20 Å². The van der Waals surface area contributed by atoms with Crippen molar-refractivity contribution < 1.29 is 14.5 Å². The van der Waals surface area contributed by atoms with Crippen LogP contribution >= 0.6 is 0 Å². The zero-order valence-corrected chi connectivity index (χ0v) is 13.4. The van der Waals surface area contributed by atoms with Gasteiger partial charge in [0.25, 0.3) is 0 Å². The predicted molar refractivity (Wildman–Crippen MR) is 87.1 cm³/mol. The molecule has 24 heavy (non-hydrogen) atoms. The molecule has 0 bridgehead atoms. The molecular weight excluding hydrogens is 314 g/mol. The zero-order chi connectivity index (χ0) is 16.9. The van der Waals surface area contributed by atoms with Gasteiger partial charge in [0.1, 0.15) is 6.10 Å². The Morgan fingerprint density at radius 1 is 1.25 bits per heavy atom. The number of ether oxygens (including phenoxy) is 1. The predicted octanol–water partition coefficient (Wildman–Crippen LogP) is 1.00. The number of hydrogen-bond donors (Lipinski definition) is 1.